The van der Waals surface area contributed by atoms with Crippen LogP contribution in [0.25, 0.3) is 0 Å². The molecular formula is C22H30FOP. The summed E-state index contributed by atoms with van der Waals surface area (Å²) in [7, 11) is 0.259. The zero-order chi connectivity index (χ0) is 19.0. The van der Waals surface area contributed by atoms with E-state index in [1.54, 1.807) is 6.07 Å². The molecule has 0 spiro atoms. The second kappa shape index (κ2) is 7.08. The van der Waals surface area contributed by atoms with Crippen LogP contribution in [0.5, 0.6) is 5.75 Å². The number of aryl methyl sites for hydroxylation is 2. The lowest BCUT2D eigenvalue weighted by Crippen LogP contribution is -2.22. The summed E-state index contributed by atoms with van der Waals surface area (Å²) in [6, 6.07) is 9.61. The molecule has 0 aromatic heterocycles. The molecule has 0 bridgehead atoms. The molecule has 0 amide bonds. The molecule has 1 N–H and O–H groups in total. The van der Waals surface area contributed by atoms with Gasteiger partial charge in [0, 0.05) is 16.0 Å². The molecule has 0 saturated carbocycles. The highest BCUT2D eigenvalue weighted by atomic mass is 31.1. The van der Waals surface area contributed by atoms with Crippen LogP contribution in [0.3, 0.4) is 0 Å². The van der Waals surface area contributed by atoms with Crippen molar-refractivity contribution in [3.8, 4) is 5.75 Å². The van der Waals surface area contributed by atoms with Crippen molar-refractivity contribution < 1.29 is 9.50 Å². The topological polar surface area (TPSA) is 20.2 Å². The van der Waals surface area contributed by atoms with Gasteiger partial charge < -0.3 is 5.11 Å². The number of phenols is 1. The average Bonchev–Trinajstić information content (AvgIpc) is 2.51. The number of halogens is 1. The van der Waals surface area contributed by atoms with Gasteiger partial charge in [-0.25, -0.2) is 4.39 Å². The molecule has 3 heteroatoms. The number of hydrogen-bond acceptors (Lipinski definition) is 1. The molecule has 0 heterocycles. The van der Waals surface area contributed by atoms with Crippen molar-refractivity contribution >= 4 is 13.9 Å². The number of hydrogen-bond donors (Lipinski definition) is 1. The van der Waals surface area contributed by atoms with Crippen LogP contribution >= 0.6 is 8.58 Å². The van der Waals surface area contributed by atoms with E-state index in [0.29, 0.717) is 5.75 Å². The minimum atomic E-state index is -0.299. The van der Waals surface area contributed by atoms with Gasteiger partial charge in [0.15, 0.2) is 0 Å². The number of rotatable bonds is 4. The van der Waals surface area contributed by atoms with Crippen molar-refractivity contribution in [1.29, 1.82) is 0 Å². The predicted octanol–water partition coefficient (Wildman–Crippen LogP) is 6.07. The fourth-order valence-electron chi connectivity index (χ4n) is 3.00. The van der Waals surface area contributed by atoms with E-state index in [0.717, 1.165) is 28.4 Å². The fraction of sp³-hybridized carbons (Fsp3) is 0.455. The Morgan fingerprint density at radius 3 is 2.20 bits per heavy atom. The van der Waals surface area contributed by atoms with E-state index in [9.17, 15) is 9.50 Å². The molecule has 0 aliphatic rings. The van der Waals surface area contributed by atoms with E-state index < -0.39 is 0 Å². The molecule has 0 saturated heterocycles. The summed E-state index contributed by atoms with van der Waals surface area (Å²) in [6.07, 6.45) is 0.833. The Kier molecular flexibility index (Phi) is 5.64. The van der Waals surface area contributed by atoms with E-state index in [-0.39, 0.29) is 25.0 Å². The van der Waals surface area contributed by atoms with Crippen molar-refractivity contribution in [2.45, 2.75) is 65.5 Å². The minimum Gasteiger partial charge on any atom is -0.507 e. The van der Waals surface area contributed by atoms with E-state index in [1.165, 1.54) is 5.56 Å². The molecule has 2 unspecified atom stereocenters. The van der Waals surface area contributed by atoms with Crippen LogP contribution in [0.2, 0.25) is 0 Å². The van der Waals surface area contributed by atoms with Crippen LogP contribution in [-0.4, -0.2) is 5.11 Å². The maximum absolute atomic E-state index is 14.4. The van der Waals surface area contributed by atoms with Gasteiger partial charge in [-0.05, 0) is 48.4 Å². The molecule has 2 aromatic rings. The first-order valence-corrected chi connectivity index (χ1v) is 9.87. The maximum Gasteiger partial charge on any atom is 0.130 e. The quantitative estimate of drug-likeness (QED) is 0.656. The lowest BCUT2D eigenvalue weighted by atomic mass is 9.82. The lowest BCUT2D eigenvalue weighted by molar-refractivity contribution is 0.450. The van der Waals surface area contributed by atoms with Gasteiger partial charge in [0.25, 0.3) is 0 Å². The molecule has 1 nitrogen and oxygen atoms in total. The molecule has 136 valence electrons. The summed E-state index contributed by atoms with van der Waals surface area (Å²) in [4.78, 5) is 0. The summed E-state index contributed by atoms with van der Waals surface area (Å²) in [5.41, 5.74) is 3.94. The van der Waals surface area contributed by atoms with Crippen LogP contribution in [-0.2, 0) is 10.6 Å². The first kappa shape index (κ1) is 19.9. The Bertz CT molecular complexity index is 776. The molecule has 0 aliphatic carbocycles. The van der Waals surface area contributed by atoms with Gasteiger partial charge in [0.05, 0.1) is 0 Å². The summed E-state index contributed by atoms with van der Waals surface area (Å²) >= 11 is 0. The van der Waals surface area contributed by atoms with E-state index >= 15 is 0 Å². The van der Waals surface area contributed by atoms with Gasteiger partial charge in [-0.2, -0.15) is 0 Å². The number of benzene rings is 2. The van der Waals surface area contributed by atoms with Crippen molar-refractivity contribution in [3.05, 3.63) is 58.4 Å². The van der Waals surface area contributed by atoms with Crippen molar-refractivity contribution in [2.75, 3.05) is 0 Å². The lowest BCUT2D eigenvalue weighted by Gasteiger charge is -2.32. The third kappa shape index (κ3) is 4.23. The van der Waals surface area contributed by atoms with Crippen LogP contribution in [0.1, 0.15) is 63.3 Å². The monoisotopic (exact) mass is 360 g/mol. The minimum absolute atomic E-state index is 0.0000809. The standard InChI is InChI=1S/C22H30FOP/c1-8-22(7,25-19-10-9-14(2)11-18(19)23)17-13-16(21(4,5)6)12-15(3)20(17)24/h9-13,24-25H,8H2,1-7H3. The van der Waals surface area contributed by atoms with Crippen molar-refractivity contribution in [3.63, 3.8) is 0 Å². The molecule has 2 atom stereocenters. The molecule has 25 heavy (non-hydrogen) atoms. The predicted molar refractivity (Wildman–Crippen MR) is 108 cm³/mol. The van der Waals surface area contributed by atoms with Gasteiger partial charge in [-0.3, -0.25) is 0 Å². The molecule has 0 fully saturated rings. The Morgan fingerprint density at radius 1 is 1.04 bits per heavy atom. The Balaban J connectivity index is 2.57. The highest BCUT2D eigenvalue weighted by Gasteiger charge is 2.31. The van der Waals surface area contributed by atoms with Crippen LogP contribution < -0.4 is 5.30 Å². The van der Waals surface area contributed by atoms with E-state index in [2.05, 4.69) is 46.8 Å². The summed E-state index contributed by atoms with van der Waals surface area (Å²) in [6.45, 7) is 14.6. The summed E-state index contributed by atoms with van der Waals surface area (Å²) in [5, 5.41) is 11.2. The van der Waals surface area contributed by atoms with Crippen molar-refractivity contribution in [2.24, 2.45) is 0 Å². The average molecular weight is 360 g/mol. The Labute approximate surface area is 153 Å². The largest absolute Gasteiger partial charge is 0.507 e. The van der Waals surface area contributed by atoms with Gasteiger partial charge in [-0.15, -0.1) is 0 Å². The molecule has 2 aromatic carbocycles. The van der Waals surface area contributed by atoms with E-state index in [1.807, 2.05) is 26.0 Å². The van der Waals surface area contributed by atoms with Crippen LogP contribution in [0.4, 0.5) is 4.39 Å². The highest BCUT2D eigenvalue weighted by molar-refractivity contribution is 7.48. The molecular weight excluding hydrogens is 330 g/mol. The first-order chi connectivity index (χ1) is 11.5. The molecule has 0 aliphatic heterocycles. The second-order valence-corrected chi connectivity index (χ2v) is 10.1. The highest BCUT2D eigenvalue weighted by Crippen LogP contribution is 2.49. The van der Waals surface area contributed by atoms with Gasteiger partial charge in [-0.1, -0.05) is 67.5 Å². The van der Waals surface area contributed by atoms with Crippen LogP contribution in [0, 0.1) is 19.7 Å². The van der Waals surface area contributed by atoms with Crippen LogP contribution in [0.15, 0.2) is 30.3 Å². The van der Waals surface area contributed by atoms with Gasteiger partial charge >= 0.3 is 0 Å². The first-order valence-electron chi connectivity index (χ1n) is 8.87. The smallest absolute Gasteiger partial charge is 0.130 e. The second-order valence-electron chi connectivity index (χ2n) is 8.23. The third-order valence-electron chi connectivity index (χ3n) is 5.00. The fourth-order valence-corrected chi connectivity index (χ4v) is 4.45. The van der Waals surface area contributed by atoms with Crippen molar-refractivity contribution in [1.82, 2.24) is 0 Å². The van der Waals surface area contributed by atoms with Gasteiger partial charge in [0.1, 0.15) is 11.6 Å². The maximum atomic E-state index is 14.4. The zero-order valence-electron chi connectivity index (χ0n) is 16.4. The number of aromatic hydroxyl groups is 1. The number of phenolic OH excluding ortho intramolecular Hbond substituents is 1. The summed E-state index contributed by atoms with van der Waals surface area (Å²) < 4.78 is 14.4. The Morgan fingerprint density at radius 2 is 1.68 bits per heavy atom. The zero-order valence-corrected chi connectivity index (χ0v) is 17.4. The molecule has 2 rings (SSSR count). The SMILES string of the molecule is CCC(C)(Pc1ccc(C)cc1F)c1cc(C(C)(C)C)cc(C)c1O. The molecule has 0 radical (unpaired) electrons. The van der Waals surface area contributed by atoms with Gasteiger partial charge in [0.2, 0.25) is 0 Å². The van der Waals surface area contributed by atoms with E-state index in [4.69, 9.17) is 0 Å². The normalized spacial score (nSPS) is 14.9. The third-order valence-corrected chi connectivity index (χ3v) is 6.85. The Hall–Kier alpha value is -1.40. The summed E-state index contributed by atoms with van der Waals surface area (Å²) in [5.74, 6) is 0.193.